The van der Waals surface area contributed by atoms with Crippen LogP contribution in [0.5, 0.6) is 5.75 Å². The van der Waals surface area contributed by atoms with E-state index in [-0.39, 0.29) is 11.8 Å². The normalized spacial score (nSPS) is 19.3. The van der Waals surface area contributed by atoms with E-state index in [1.54, 1.807) is 7.11 Å². The summed E-state index contributed by atoms with van der Waals surface area (Å²) in [7, 11) is 1.63. The molecule has 0 fully saturated rings. The van der Waals surface area contributed by atoms with Crippen LogP contribution in [0, 0.1) is 5.92 Å². The fraction of sp³-hybridized carbons (Fsp3) is 0.364. The topological polar surface area (TPSA) is 64.3 Å². The third kappa shape index (κ3) is 1.80. The van der Waals surface area contributed by atoms with Crippen LogP contribution >= 0.6 is 0 Å². The summed E-state index contributed by atoms with van der Waals surface area (Å²) in [5.74, 6) is 0.695. The third-order valence-corrected chi connectivity index (χ3v) is 2.69. The first-order valence-corrected chi connectivity index (χ1v) is 4.92. The SMILES string of the molecule is COc1ccc2c(c1)C[C@H](CN)C(=O)N2. The number of hydrogen-bond acceptors (Lipinski definition) is 3. The maximum absolute atomic E-state index is 11.5. The van der Waals surface area contributed by atoms with E-state index < -0.39 is 0 Å². The van der Waals surface area contributed by atoms with E-state index in [0.717, 1.165) is 17.0 Å². The second kappa shape index (κ2) is 3.90. The predicted octanol–water partition coefficient (Wildman–Crippen LogP) is 0.765. The molecule has 1 aromatic rings. The quantitative estimate of drug-likeness (QED) is 0.751. The smallest absolute Gasteiger partial charge is 0.229 e. The zero-order valence-corrected chi connectivity index (χ0v) is 8.62. The van der Waals surface area contributed by atoms with Crippen molar-refractivity contribution in [2.45, 2.75) is 6.42 Å². The van der Waals surface area contributed by atoms with Gasteiger partial charge in [-0.1, -0.05) is 0 Å². The van der Waals surface area contributed by atoms with Crippen molar-refractivity contribution in [2.24, 2.45) is 11.7 Å². The van der Waals surface area contributed by atoms with E-state index >= 15 is 0 Å². The summed E-state index contributed by atoms with van der Waals surface area (Å²) in [5, 5.41) is 2.84. The van der Waals surface area contributed by atoms with Crippen LogP contribution < -0.4 is 15.8 Å². The van der Waals surface area contributed by atoms with Gasteiger partial charge in [0.05, 0.1) is 13.0 Å². The van der Waals surface area contributed by atoms with Gasteiger partial charge in [-0.25, -0.2) is 0 Å². The van der Waals surface area contributed by atoms with Crippen LogP contribution in [0.25, 0.3) is 0 Å². The number of ether oxygens (including phenoxy) is 1. The number of nitrogens with two attached hydrogens (primary N) is 1. The van der Waals surface area contributed by atoms with Gasteiger partial charge in [0, 0.05) is 12.2 Å². The highest BCUT2D eigenvalue weighted by Crippen LogP contribution is 2.28. The Morgan fingerprint density at radius 2 is 2.40 bits per heavy atom. The third-order valence-electron chi connectivity index (χ3n) is 2.69. The molecule has 3 N–H and O–H groups in total. The number of carbonyl (C=O) groups excluding carboxylic acids is 1. The van der Waals surface area contributed by atoms with Crippen molar-refractivity contribution in [1.82, 2.24) is 0 Å². The minimum Gasteiger partial charge on any atom is -0.497 e. The Balaban J connectivity index is 2.33. The molecule has 1 amide bonds. The Labute approximate surface area is 88.4 Å². The summed E-state index contributed by atoms with van der Waals surface area (Å²) in [6.07, 6.45) is 0.689. The summed E-state index contributed by atoms with van der Waals surface area (Å²) < 4.78 is 5.13. The van der Waals surface area contributed by atoms with E-state index in [0.29, 0.717) is 13.0 Å². The summed E-state index contributed by atoms with van der Waals surface area (Å²) in [6, 6.07) is 5.64. The molecule has 1 aliphatic heterocycles. The van der Waals surface area contributed by atoms with Gasteiger partial charge in [0.1, 0.15) is 5.75 Å². The van der Waals surface area contributed by atoms with E-state index in [1.165, 1.54) is 0 Å². The molecule has 1 aliphatic rings. The largest absolute Gasteiger partial charge is 0.497 e. The summed E-state index contributed by atoms with van der Waals surface area (Å²) in [5.41, 5.74) is 7.48. The molecule has 0 saturated carbocycles. The molecule has 0 saturated heterocycles. The van der Waals surface area contributed by atoms with Crippen molar-refractivity contribution in [3.8, 4) is 5.75 Å². The van der Waals surface area contributed by atoms with Gasteiger partial charge in [-0.15, -0.1) is 0 Å². The molecule has 1 atom stereocenters. The highest BCUT2D eigenvalue weighted by molar-refractivity contribution is 5.96. The number of amides is 1. The number of fused-ring (bicyclic) bond motifs is 1. The minimum absolute atomic E-state index is 0.00941. The Bertz CT molecular complexity index is 390. The van der Waals surface area contributed by atoms with E-state index in [1.807, 2.05) is 18.2 Å². The first-order chi connectivity index (χ1) is 7.24. The lowest BCUT2D eigenvalue weighted by Crippen LogP contribution is -2.34. The molecular formula is C11H14N2O2. The average Bonchev–Trinajstić information content (AvgIpc) is 2.27. The zero-order valence-electron chi connectivity index (χ0n) is 8.62. The van der Waals surface area contributed by atoms with E-state index in [9.17, 15) is 4.79 Å². The summed E-state index contributed by atoms with van der Waals surface area (Å²) >= 11 is 0. The average molecular weight is 206 g/mol. The molecular weight excluding hydrogens is 192 g/mol. The van der Waals surface area contributed by atoms with Crippen LogP contribution in [0.3, 0.4) is 0 Å². The van der Waals surface area contributed by atoms with Gasteiger partial charge < -0.3 is 15.8 Å². The van der Waals surface area contributed by atoms with Gasteiger partial charge >= 0.3 is 0 Å². The minimum atomic E-state index is -0.121. The van der Waals surface area contributed by atoms with Gasteiger partial charge in [-0.2, -0.15) is 0 Å². The van der Waals surface area contributed by atoms with Crippen LogP contribution in [0.4, 0.5) is 5.69 Å². The molecule has 0 aliphatic carbocycles. The Morgan fingerprint density at radius 1 is 1.60 bits per heavy atom. The number of benzene rings is 1. The first kappa shape index (κ1) is 9.98. The lowest BCUT2D eigenvalue weighted by molar-refractivity contribution is -0.119. The van der Waals surface area contributed by atoms with Crippen LogP contribution in [0.15, 0.2) is 18.2 Å². The molecule has 0 radical (unpaired) electrons. The number of hydrogen-bond donors (Lipinski definition) is 2. The standard InChI is InChI=1S/C11H14N2O2/c1-15-9-2-3-10-7(5-9)4-8(6-12)11(14)13-10/h2-3,5,8H,4,6,12H2,1H3,(H,13,14)/t8-/m1/s1. The molecule has 0 spiro atoms. The lowest BCUT2D eigenvalue weighted by Gasteiger charge is -2.23. The predicted molar refractivity (Wildman–Crippen MR) is 57.9 cm³/mol. The Hall–Kier alpha value is -1.55. The van der Waals surface area contributed by atoms with E-state index in [2.05, 4.69) is 5.32 Å². The number of carbonyl (C=O) groups is 1. The highest BCUT2D eigenvalue weighted by Gasteiger charge is 2.24. The number of methoxy groups -OCH3 is 1. The van der Waals surface area contributed by atoms with Crippen LogP contribution in [-0.2, 0) is 11.2 Å². The molecule has 4 nitrogen and oxygen atoms in total. The van der Waals surface area contributed by atoms with Gasteiger partial charge in [0.15, 0.2) is 0 Å². The van der Waals surface area contributed by atoms with Crippen molar-refractivity contribution in [3.05, 3.63) is 23.8 Å². The van der Waals surface area contributed by atoms with Crippen molar-refractivity contribution in [3.63, 3.8) is 0 Å². The first-order valence-electron chi connectivity index (χ1n) is 4.92. The van der Waals surface area contributed by atoms with Crippen molar-refractivity contribution < 1.29 is 9.53 Å². The molecule has 1 aromatic carbocycles. The highest BCUT2D eigenvalue weighted by atomic mass is 16.5. The zero-order chi connectivity index (χ0) is 10.8. The number of nitrogens with one attached hydrogen (secondary N) is 1. The second-order valence-electron chi connectivity index (χ2n) is 3.65. The maximum Gasteiger partial charge on any atom is 0.229 e. The van der Waals surface area contributed by atoms with Crippen molar-refractivity contribution in [1.29, 1.82) is 0 Å². The van der Waals surface area contributed by atoms with Gasteiger partial charge in [-0.3, -0.25) is 4.79 Å². The van der Waals surface area contributed by atoms with Crippen LogP contribution in [-0.4, -0.2) is 19.6 Å². The maximum atomic E-state index is 11.5. The summed E-state index contributed by atoms with van der Waals surface area (Å²) in [6.45, 7) is 0.377. The lowest BCUT2D eigenvalue weighted by atomic mass is 9.93. The molecule has 0 aromatic heterocycles. The fourth-order valence-electron chi connectivity index (χ4n) is 1.77. The second-order valence-corrected chi connectivity index (χ2v) is 3.65. The number of rotatable bonds is 2. The number of anilines is 1. The van der Waals surface area contributed by atoms with Crippen molar-refractivity contribution >= 4 is 11.6 Å². The van der Waals surface area contributed by atoms with Gasteiger partial charge in [0.2, 0.25) is 5.91 Å². The van der Waals surface area contributed by atoms with Crippen LogP contribution in [0.2, 0.25) is 0 Å². The molecule has 0 unspecified atom stereocenters. The molecule has 1 heterocycles. The molecule has 4 heteroatoms. The summed E-state index contributed by atoms with van der Waals surface area (Å²) in [4.78, 5) is 11.5. The Morgan fingerprint density at radius 3 is 3.07 bits per heavy atom. The van der Waals surface area contributed by atoms with Gasteiger partial charge in [-0.05, 0) is 30.2 Å². The monoisotopic (exact) mass is 206 g/mol. The fourth-order valence-corrected chi connectivity index (χ4v) is 1.77. The van der Waals surface area contributed by atoms with Gasteiger partial charge in [0.25, 0.3) is 0 Å². The molecule has 2 rings (SSSR count). The molecule has 80 valence electrons. The Kier molecular flexibility index (Phi) is 2.60. The van der Waals surface area contributed by atoms with Crippen LogP contribution in [0.1, 0.15) is 5.56 Å². The molecule has 15 heavy (non-hydrogen) atoms. The molecule has 0 bridgehead atoms. The van der Waals surface area contributed by atoms with E-state index in [4.69, 9.17) is 10.5 Å². The van der Waals surface area contributed by atoms with Crippen molar-refractivity contribution in [2.75, 3.05) is 19.0 Å².